The Hall–Kier alpha value is -3.98. The number of carbonyl (C=O) groups excluding carboxylic acids is 1. The minimum Gasteiger partial charge on any atom is -0.497 e. The average molecular weight is 511 g/mol. The van der Waals surface area contributed by atoms with Crippen molar-refractivity contribution in [1.29, 1.82) is 0 Å². The van der Waals surface area contributed by atoms with Crippen molar-refractivity contribution in [3.8, 4) is 27.8 Å². The maximum absolute atomic E-state index is 13.9. The highest BCUT2D eigenvalue weighted by molar-refractivity contribution is 7.13. The standard InChI is InChI=1S/C27H24F2N2O4S/c1-33-19-9-6-17(7-10-19)12-13-30-26(32)23-16-36-27(31-23)18-8-11-24(25(14-18)34-2)35-15-20-21(28)4-3-5-22(20)29/h3-11,14,16H,12-13,15H2,1-2H3,(H,30,32). The second kappa shape index (κ2) is 11.6. The van der Waals surface area contributed by atoms with Crippen LogP contribution in [0.4, 0.5) is 8.78 Å². The lowest BCUT2D eigenvalue weighted by molar-refractivity contribution is 0.0950. The molecule has 0 unspecified atom stereocenters. The van der Waals surface area contributed by atoms with E-state index in [0.717, 1.165) is 16.9 Å². The van der Waals surface area contributed by atoms with Crippen molar-refractivity contribution in [2.75, 3.05) is 20.8 Å². The topological polar surface area (TPSA) is 69.7 Å². The lowest BCUT2D eigenvalue weighted by Gasteiger charge is -2.12. The highest BCUT2D eigenvalue weighted by Gasteiger charge is 2.15. The Morgan fingerprint density at radius 1 is 0.972 bits per heavy atom. The van der Waals surface area contributed by atoms with E-state index in [0.29, 0.717) is 35.2 Å². The molecule has 0 saturated carbocycles. The van der Waals surface area contributed by atoms with E-state index in [1.54, 1.807) is 30.7 Å². The molecule has 0 atom stereocenters. The van der Waals surface area contributed by atoms with Gasteiger partial charge >= 0.3 is 0 Å². The van der Waals surface area contributed by atoms with Crippen molar-refractivity contribution in [2.24, 2.45) is 0 Å². The van der Waals surface area contributed by atoms with E-state index >= 15 is 0 Å². The fourth-order valence-corrected chi connectivity index (χ4v) is 4.25. The van der Waals surface area contributed by atoms with Crippen LogP contribution in [0, 0.1) is 11.6 Å². The lowest BCUT2D eigenvalue weighted by atomic mass is 10.1. The van der Waals surface area contributed by atoms with Crippen LogP contribution in [0.2, 0.25) is 0 Å². The molecule has 0 aliphatic heterocycles. The highest BCUT2D eigenvalue weighted by Crippen LogP contribution is 2.34. The van der Waals surface area contributed by atoms with Gasteiger partial charge in [0.05, 0.1) is 19.8 Å². The number of amides is 1. The van der Waals surface area contributed by atoms with Crippen LogP contribution in [0.15, 0.2) is 66.0 Å². The normalized spacial score (nSPS) is 10.7. The third-order valence-electron chi connectivity index (χ3n) is 5.44. The van der Waals surface area contributed by atoms with Crippen molar-refractivity contribution < 1.29 is 27.8 Å². The van der Waals surface area contributed by atoms with Gasteiger partial charge in [0.15, 0.2) is 11.5 Å². The summed E-state index contributed by atoms with van der Waals surface area (Å²) < 4.78 is 43.9. The first-order chi connectivity index (χ1) is 17.5. The Labute approximate surface area is 211 Å². The Morgan fingerprint density at radius 3 is 2.42 bits per heavy atom. The number of nitrogens with one attached hydrogen (secondary N) is 1. The molecule has 1 heterocycles. The summed E-state index contributed by atoms with van der Waals surface area (Å²) in [6, 6.07) is 16.4. The molecule has 36 heavy (non-hydrogen) atoms. The fourth-order valence-electron chi connectivity index (χ4n) is 3.45. The van der Waals surface area contributed by atoms with E-state index in [1.807, 2.05) is 24.3 Å². The highest BCUT2D eigenvalue weighted by atomic mass is 32.1. The Bertz CT molecular complexity index is 1320. The zero-order chi connectivity index (χ0) is 25.5. The second-order valence-electron chi connectivity index (χ2n) is 7.75. The summed E-state index contributed by atoms with van der Waals surface area (Å²) in [6.07, 6.45) is 0.683. The quantitative estimate of drug-likeness (QED) is 0.298. The molecule has 9 heteroatoms. The van der Waals surface area contributed by atoms with Crippen LogP contribution in [0.25, 0.3) is 10.6 Å². The Kier molecular flexibility index (Phi) is 8.12. The largest absolute Gasteiger partial charge is 0.497 e. The number of ether oxygens (including phenoxy) is 3. The molecule has 1 N–H and O–H groups in total. The van der Waals surface area contributed by atoms with Gasteiger partial charge in [-0.1, -0.05) is 18.2 Å². The first kappa shape index (κ1) is 25.1. The summed E-state index contributed by atoms with van der Waals surface area (Å²) in [4.78, 5) is 17.0. The third-order valence-corrected chi connectivity index (χ3v) is 6.33. The molecule has 0 spiro atoms. The Balaban J connectivity index is 1.38. The molecule has 0 aliphatic rings. The molecule has 0 aliphatic carbocycles. The molecule has 0 bridgehead atoms. The van der Waals surface area contributed by atoms with E-state index in [1.165, 1.54) is 36.6 Å². The summed E-state index contributed by atoms with van der Waals surface area (Å²) in [7, 11) is 3.09. The van der Waals surface area contributed by atoms with Gasteiger partial charge in [0, 0.05) is 17.5 Å². The second-order valence-corrected chi connectivity index (χ2v) is 8.60. The lowest BCUT2D eigenvalue weighted by Crippen LogP contribution is -2.25. The minimum absolute atomic E-state index is 0.161. The van der Waals surface area contributed by atoms with Gasteiger partial charge in [-0.15, -0.1) is 11.3 Å². The van der Waals surface area contributed by atoms with Crippen molar-refractivity contribution in [1.82, 2.24) is 10.3 Å². The maximum atomic E-state index is 13.9. The zero-order valence-corrected chi connectivity index (χ0v) is 20.5. The van der Waals surface area contributed by atoms with E-state index in [-0.39, 0.29) is 18.1 Å². The van der Waals surface area contributed by atoms with Crippen molar-refractivity contribution in [3.05, 3.63) is 94.5 Å². The SMILES string of the molecule is COc1ccc(CCNC(=O)c2csc(-c3ccc(OCc4c(F)cccc4F)c(OC)c3)n2)cc1. The van der Waals surface area contributed by atoms with Gasteiger partial charge in [-0.25, -0.2) is 13.8 Å². The number of thiazole rings is 1. The molecule has 0 saturated heterocycles. The first-order valence-electron chi connectivity index (χ1n) is 11.1. The predicted octanol–water partition coefficient (Wildman–Crippen LogP) is 5.66. The number of hydrogen-bond donors (Lipinski definition) is 1. The predicted molar refractivity (Wildman–Crippen MR) is 134 cm³/mol. The Morgan fingerprint density at radius 2 is 1.72 bits per heavy atom. The summed E-state index contributed by atoms with van der Waals surface area (Å²) >= 11 is 1.32. The molecule has 1 amide bonds. The molecule has 4 aromatic rings. The van der Waals surface area contributed by atoms with E-state index in [4.69, 9.17) is 14.2 Å². The monoisotopic (exact) mass is 510 g/mol. The van der Waals surface area contributed by atoms with Crippen LogP contribution < -0.4 is 19.5 Å². The van der Waals surface area contributed by atoms with Crippen molar-refractivity contribution in [2.45, 2.75) is 13.0 Å². The van der Waals surface area contributed by atoms with E-state index in [9.17, 15) is 13.6 Å². The number of benzene rings is 3. The number of rotatable bonds is 10. The van der Waals surface area contributed by atoms with Gasteiger partial charge in [-0.3, -0.25) is 4.79 Å². The van der Waals surface area contributed by atoms with Crippen LogP contribution in [0.3, 0.4) is 0 Å². The molecule has 0 fully saturated rings. The number of halogens is 2. The molecular formula is C27H24F2N2O4S. The molecule has 6 nitrogen and oxygen atoms in total. The number of nitrogens with zero attached hydrogens (tertiary/aromatic N) is 1. The molecule has 1 aromatic heterocycles. The van der Waals surface area contributed by atoms with E-state index in [2.05, 4.69) is 10.3 Å². The van der Waals surface area contributed by atoms with Gasteiger partial charge in [0.1, 0.15) is 34.7 Å². The van der Waals surface area contributed by atoms with Crippen LogP contribution in [0.5, 0.6) is 17.2 Å². The summed E-state index contributed by atoms with van der Waals surface area (Å²) in [5.41, 5.74) is 1.96. The van der Waals surface area contributed by atoms with Crippen LogP contribution in [-0.2, 0) is 13.0 Å². The fraction of sp³-hybridized carbons (Fsp3) is 0.185. The van der Waals surface area contributed by atoms with Crippen LogP contribution in [0.1, 0.15) is 21.6 Å². The van der Waals surface area contributed by atoms with Crippen molar-refractivity contribution >= 4 is 17.2 Å². The number of carbonyl (C=O) groups is 1. The molecule has 186 valence electrons. The van der Waals surface area contributed by atoms with E-state index < -0.39 is 11.6 Å². The van der Waals surface area contributed by atoms with Gasteiger partial charge in [0.2, 0.25) is 0 Å². The van der Waals surface area contributed by atoms with Gasteiger partial charge in [0.25, 0.3) is 5.91 Å². The summed E-state index contributed by atoms with van der Waals surface area (Å²) in [6.45, 7) is 0.187. The zero-order valence-electron chi connectivity index (χ0n) is 19.7. The summed E-state index contributed by atoms with van der Waals surface area (Å²) in [5.74, 6) is -0.119. The van der Waals surface area contributed by atoms with Crippen LogP contribution in [-0.4, -0.2) is 31.7 Å². The van der Waals surface area contributed by atoms with Gasteiger partial charge in [-0.05, 0) is 54.4 Å². The average Bonchev–Trinajstić information content (AvgIpc) is 3.39. The third kappa shape index (κ3) is 5.98. The molecule has 3 aromatic carbocycles. The summed E-state index contributed by atoms with van der Waals surface area (Å²) in [5, 5.41) is 5.20. The number of methoxy groups -OCH3 is 2. The number of aromatic nitrogens is 1. The molecular weight excluding hydrogens is 486 g/mol. The van der Waals surface area contributed by atoms with Crippen LogP contribution >= 0.6 is 11.3 Å². The van der Waals surface area contributed by atoms with Gasteiger partial charge in [-0.2, -0.15) is 0 Å². The van der Waals surface area contributed by atoms with Crippen molar-refractivity contribution in [3.63, 3.8) is 0 Å². The first-order valence-corrected chi connectivity index (χ1v) is 12.0. The number of hydrogen-bond acceptors (Lipinski definition) is 6. The minimum atomic E-state index is -0.678. The smallest absolute Gasteiger partial charge is 0.270 e. The molecule has 4 rings (SSSR count). The molecule has 0 radical (unpaired) electrons. The maximum Gasteiger partial charge on any atom is 0.270 e. The van der Waals surface area contributed by atoms with Gasteiger partial charge < -0.3 is 19.5 Å².